The van der Waals surface area contributed by atoms with Gasteiger partial charge in [-0.1, -0.05) is 13.3 Å². The lowest BCUT2D eigenvalue weighted by atomic mass is 10.0. The van der Waals surface area contributed by atoms with Gasteiger partial charge in [-0.3, -0.25) is 9.63 Å². The van der Waals surface area contributed by atoms with Crippen LogP contribution in [0.15, 0.2) is 0 Å². The quantitative estimate of drug-likeness (QED) is 0.672. The summed E-state index contributed by atoms with van der Waals surface area (Å²) >= 11 is 0. The van der Waals surface area contributed by atoms with Crippen LogP contribution in [0.4, 0.5) is 0 Å². The summed E-state index contributed by atoms with van der Waals surface area (Å²) in [5.41, 5.74) is 0. The van der Waals surface area contributed by atoms with Crippen LogP contribution in [0, 0.1) is 5.92 Å². The maximum Gasteiger partial charge on any atom is 0.249 e. The SMILES string of the molecule is CCON1CCCCC(CC)C1=O. The smallest absolute Gasteiger partial charge is 0.249 e. The van der Waals surface area contributed by atoms with Crippen molar-refractivity contribution in [3.8, 4) is 0 Å². The van der Waals surface area contributed by atoms with E-state index in [2.05, 4.69) is 6.92 Å². The normalized spacial score (nSPS) is 24.6. The van der Waals surface area contributed by atoms with Crippen LogP contribution in [0.25, 0.3) is 0 Å². The Labute approximate surface area is 80.0 Å². The number of hydroxylamine groups is 2. The molecule has 1 aliphatic heterocycles. The number of carbonyl (C=O) groups is 1. The number of hydrogen-bond donors (Lipinski definition) is 0. The van der Waals surface area contributed by atoms with Crippen molar-refractivity contribution in [2.24, 2.45) is 5.92 Å². The summed E-state index contributed by atoms with van der Waals surface area (Å²) in [5, 5.41) is 1.56. The Morgan fingerprint density at radius 2 is 2.23 bits per heavy atom. The molecule has 3 heteroatoms. The highest BCUT2D eigenvalue weighted by Gasteiger charge is 2.25. The van der Waals surface area contributed by atoms with Crippen molar-refractivity contribution in [2.45, 2.75) is 39.5 Å². The molecule has 0 bridgehead atoms. The highest BCUT2D eigenvalue weighted by Crippen LogP contribution is 2.20. The Hall–Kier alpha value is -0.570. The zero-order valence-corrected chi connectivity index (χ0v) is 8.58. The van der Waals surface area contributed by atoms with E-state index < -0.39 is 0 Å². The summed E-state index contributed by atoms with van der Waals surface area (Å²) in [6.45, 7) is 5.34. The lowest BCUT2D eigenvalue weighted by Crippen LogP contribution is -2.34. The molecule has 1 aliphatic rings. The fourth-order valence-corrected chi connectivity index (χ4v) is 1.75. The topological polar surface area (TPSA) is 29.5 Å². The largest absolute Gasteiger partial charge is 0.272 e. The van der Waals surface area contributed by atoms with E-state index in [0.29, 0.717) is 6.61 Å². The molecule has 0 aliphatic carbocycles. The third-order valence-electron chi connectivity index (χ3n) is 2.54. The first-order valence-electron chi connectivity index (χ1n) is 5.23. The van der Waals surface area contributed by atoms with Crippen LogP contribution < -0.4 is 0 Å². The predicted molar refractivity (Wildman–Crippen MR) is 51.0 cm³/mol. The van der Waals surface area contributed by atoms with Crippen LogP contribution in [0.2, 0.25) is 0 Å². The van der Waals surface area contributed by atoms with Gasteiger partial charge in [0, 0.05) is 12.5 Å². The Morgan fingerprint density at radius 3 is 2.85 bits per heavy atom. The third-order valence-corrected chi connectivity index (χ3v) is 2.54. The van der Waals surface area contributed by atoms with Crippen molar-refractivity contribution in [3.05, 3.63) is 0 Å². The highest BCUT2D eigenvalue weighted by molar-refractivity contribution is 5.77. The average molecular weight is 185 g/mol. The molecule has 0 N–H and O–H groups in total. The molecule has 76 valence electrons. The Bertz CT molecular complexity index is 170. The molecule has 0 radical (unpaired) electrons. The van der Waals surface area contributed by atoms with E-state index in [1.54, 1.807) is 5.06 Å². The number of nitrogens with zero attached hydrogens (tertiary/aromatic N) is 1. The van der Waals surface area contributed by atoms with Crippen LogP contribution in [0.1, 0.15) is 39.5 Å². The van der Waals surface area contributed by atoms with Crippen LogP contribution >= 0.6 is 0 Å². The summed E-state index contributed by atoms with van der Waals surface area (Å²) in [4.78, 5) is 17.1. The molecule has 0 spiro atoms. The summed E-state index contributed by atoms with van der Waals surface area (Å²) in [5.74, 6) is 0.371. The van der Waals surface area contributed by atoms with Gasteiger partial charge in [0.1, 0.15) is 0 Å². The number of carbonyl (C=O) groups excluding carboxylic acids is 1. The highest BCUT2D eigenvalue weighted by atomic mass is 16.7. The third kappa shape index (κ3) is 2.69. The molecule has 0 saturated carbocycles. The zero-order valence-electron chi connectivity index (χ0n) is 8.58. The maximum atomic E-state index is 11.8. The summed E-state index contributed by atoms with van der Waals surface area (Å²) in [6, 6.07) is 0. The second kappa shape index (κ2) is 5.22. The molecule has 1 fully saturated rings. The number of amides is 1. The summed E-state index contributed by atoms with van der Waals surface area (Å²) in [6.07, 6.45) is 4.18. The first kappa shape index (κ1) is 10.5. The van der Waals surface area contributed by atoms with E-state index in [4.69, 9.17) is 4.84 Å². The van der Waals surface area contributed by atoms with E-state index in [1.165, 1.54) is 0 Å². The lowest BCUT2D eigenvalue weighted by Gasteiger charge is -2.21. The van der Waals surface area contributed by atoms with Gasteiger partial charge in [0.2, 0.25) is 5.91 Å². The van der Waals surface area contributed by atoms with Crippen LogP contribution in [-0.4, -0.2) is 24.1 Å². The fourth-order valence-electron chi connectivity index (χ4n) is 1.75. The molecule has 1 saturated heterocycles. The maximum absolute atomic E-state index is 11.8. The molecule has 1 heterocycles. The summed E-state index contributed by atoms with van der Waals surface area (Å²) in [7, 11) is 0. The van der Waals surface area contributed by atoms with Gasteiger partial charge in [0.25, 0.3) is 0 Å². The minimum atomic E-state index is 0.182. The van der Waals surface area contributed by atoms with Crippen LogP contribution in [-0.2, 0) is 9.63 Å². The molecule has 13 heavy (non-hydrogen) atoms. The first-order chi connectivity index (χ1) is 6.29. The van der Waals surface area contributed by atoms with Crippen molar-refractivity contribution in [3.63, 3.8) is 0 Å². The number of hydrogen-bond acceptors (Lipinski definition) is 2. The monoisotopic (exact) mass is 185 g/mol. The van der Waals surface area contributed by atoms with E-state index in [0.717, 1.165) is 32.2 Å². The molecule has 1 atom stereocenters. The molecular formula is C10H19NO2. The second-order valence-electron chi connectivity index (χ2n) is 3.46. The fraction of sp³-hybridized carbons (Fsp3) is 0.900. The van der Waals surface area contributed by atoms with Crippen molar-refractivity contribution in [1.82, 2.24) is 5.06 Å². The van der Waals surface area contributed by atoms with Crippen molar-refractivity contribution in [2.75, 3.05) is 13.2 Å². The van der Waals surface area contributed by atoms with Gasteiger partial charge in [-0.25, -0.2) is 5.06 Å². The van der Waals surface area contributed by atoms with Gasteiger partial charge in [-0.2, -0.15) is 0 Å². The summed E-state index contributed by atoms with van der Waals surface area (Å²) < 4.78 is 0. The minimum absolute atomic E-state index is 0.182. The standard InChI is InChI=1S/C10H19NO2/c1-3-9-7-5-6-8-11(10(9)12)13-4-2/h9H,3-8H2,1-2H3. The van der Waals surface area contributed by atoms with E-state index in [1.807, 2.05) is 6.92 Å². The second-order valence-corrected chi connectivity index (χ2v) is 3.46. The molecular weight excluding hydrogens is 166 g/mol. The predicted octanol–water partition coefficient (Wildman–Crippen LogP) is 1.98. The van der Waals surface area contributed by atoms with E-state index >= 15 is 0 Å². The van der Waals surface area contributed by atoms with E-state index in [-0.39, 0.29) is 11.8 Å². The lowest BCUT2D eigenvalue weighted by molar-refractivity contribution is -0.187. The first-order valence-corrected chi connectivity index (χ1v) is 5.23. The Morgan fingerprint density at radius 1 is 1.46 bits per heavy atom. The van der Waals surface area contributed by atoms with Crippen molar-refractivity contribution in [1.29, 1.82) is 0 Å². The average Bonchev–Trinajstić information content (AvgIpc) is 2.30. The zero-order chi connectivity index (χ0) is 9.68. The molecule has 0 aromatic heterocycles. The van der Waals surface area contributed by atoms with Crippen molar-refractivity contribution >= 4 is 5.91 Å². The van der Waals surface area contributed by atoms with Gasteiger partial charge >= 0.3 is 0 Å². The van der Waals surface area contributed by atoms with Gasteiger partial charge < -0.3 is 0 Å². The molecule has 1 rings (SSSR count). The molecule has 0 aromatic rings. The van der Waals surface area contributed by atoms with Crippen LogP contribution in [0.3, 0.4) is 0 Å². The van der Waals surface area contributed by atoms with Crippen molar-refractivity contribution < 1.29 is 9.63 Å². The van der Waals surface area contributed by atoms with Gasteiger partial charge in [-0.05, 0) is 26.2 Å². The minimum Gasteiger partial charge on any atom is -0.272 e. The van der Waals surface area contributed by atoms with Gasteiger partial charge in [-0.15, -0.1) is 0 Å². The molecule has 0 aromatic carbocycles. The van der Waals surface area contributed by atoms with Gasteiger partial charge in [0.05, 0.1) is 6.61 Å². The van der Waals surface area contributed by atoms with E-state index in [9.17, 15) is 4.79 Å². The Balaban J connectivity index is 2.56. The van der Waals surface area contributed by atoms with Crippen LogP contribution in [0.5, 0.6) is 0 Å². The number of rotatable bonds is 3. The molecule has 3 nitrogen and oxygen atoms in total. The van der Waals surface area contributed by atoms with Gasteiger partial charge in [0.15, 0.2) is 0 Å². The molecule has 1 unspecified atom stereocenters. The molecule has 1 amide bonds. The Kier molecular flexibility index (Phi) is 4.22.